The number of carbonyl (C=O) groups excluding carboxylic acids is 1. The van der Waals surface area contributed by atoms with Crippen LogP contribution in [-0.2, 0) is 4.79 Å². The van der Waals surface area contributed by atoms with Crippen molar-refractivity contribution >= 4 is 33.9 Å². The van der Waals surface area contributed by atoms with E-state index >= 15 is 0 Å². The summed E-state index contributed by atoms with van der Waals surface area (Å²) in [5.74, 6) is -0.0366. The molecule has 0 bridgehead atoms. The number of carbonyl (C=O) groups is 1. The zero-order valence-electron chi connectivity index (χ0n) is 15.3. The maximum atomic E-state index is 12.2. The van der Waals surface area contributed by atoms with E-state index in [0.29, 0.717) is 18.7 Å². The van der Waals surface area contributed by atoms with Crippen LogP contribution in [0.4, 0.5) is 17.1 Å². The van der Waals surface area contributed by atoms with Gasteiger partial charge in [0.25, 0.3) is 0 Å². The average molecular weight is 349 g/mol. The molecule has 3 rings (SSSR count). The highest BCUT2D eigenvalue weighted by Crippen LogP contribution is 2.29. The molecule has 2 N–H and O–H groups in total. The third kappa shape index (κ3) is 4.34. The first kappa shape index (κ1) is 17.8. The van der Waals surface area contributed by atoms with Crippen molar-refractivity contribution in [1.82, 2.24) is 14.9 Å². The number of rotatable bonds is 6. The maximum absolute atomic E-state index is 12.2. The number of anilines is 3. The number of para-hydroxylation sites is 1. The van der Waals surface area contributed by atoms with Gasteiger partial charge < -0.3 is 15.5 Å². The summed E-state index contributed by atoms with van der Waals surface area (Å²) in [6, 6.07) is 11.8. The zero-order valence-corrected chi connectivity index (χ0v) is 15.3. The Morgan fingerprint density at radius 1 is 1.12 bits per heavy atom. The number of pyridine rings is 2. The molecule has 0 fully saturated rings. The van der Waals surface area contributed by atoms with Gasteiger partial charge in [-0.15, -0.1) is 0 Å². The maximum Gasteiger partial charge on any atom is 0.225 e. The van der Waals surface area contributed by atoms with Gasteiger partial charge in [0.2, 0.25) is 5.91 Å². The number of hydrogen-bond donors (Lipinski definition) is 2. The minimum Gasteiger partial charge on any atom is -0.353 e. The third-order valence-electron chi connectivity index (χ3n) is 3.99. The Bertz CT molecular complexity index is 923. The van der Waals surface area contributed by atoms with Gasteiger partial charge in [-0.25, -0.2) is 0 Å². The second-order valence-electron chi connectivity index (χ2n) is 6.48. The summed E-state index contributed by atoms with van der Waals surface area (Å²) in [6.07, 6.45) is 3.79. The van der Waals surface area contributed by atoms with Crippen LogP contribution in [0.1, 0.15) is 12.1 Å². The minimum atomic E-state index is -0.0366. The average Bonchev–Trinajstić information content (AvgIpc) is 2.61. The molecule has 6 heteroatoms. The molecule has 2 heterocycles. The summed E-state index contributed by atoms with van der Waals surface area (Å²) in [4.78, 5) is 22.9. The molecule has 2 aromatic heterocycles. The van der Waals surface area contributed by atoms with E-state index in [-0.39, 0.29) is 5.91 Å². The Labute approximate surface area is 153 Å². The van der Waals surface area contributed by atoms with Crippen molar-refractivity contribution < 1.29 is 4.79 Å². The fourth-order valence-electron chi connectivity index (χ4n) is 2.70. The van der Waals surface area contributed by atoms with Crippen LogP contribution in [0.5, 0.6) is 0 Å². The van der Waals surface area contributed by atoms with Crippen molar-refractivity contribution in [2.75, 3.05) is 31.3 Å². The SMILES string of the molecule is Cc1cc(Nc2ccncc2NC(=O)CCN(C)C)c2ccccc2n1. The molecule has 0 aliphatic heterocycles. The molecule has 0 aliphatic rings. The van der Waals surface area contributed by atoms with Gasteiger partial charge in [-0.1, -0.05) is 18.2 Å². The lowest BCUT2D eigenvalue weighted by Gasteiger charge is -2.15. The lowest BCUT2D eigenvalue weighted by Crippen LogP contribution is -2.21. The number of fused-ring (bicyclic) bond motifs is 1. The molecule has 1 amide bonds. The highest BCUT2D eigenvalue weighted by atomic mass is 16.1. The molecule has 0 radical (unpaired) electrons. The van der Waals surface area contributed by atoms with E-state index < -0.39 is 0 Å². The van der Waals surface area contributed by atoms with E-state index in [1.165, 1.54) is 0 Å². The highest BCUT2D eigenvalue weighted by molar-refractivity contribution is 5.97. The Morgan fingerprint density at radius 2 is 1.92 bits per heavy atom. The predicted octanol–water partition coefficient (Wildman–Crippen LogP) is 3.57. The van der Waals surface area contributed by atoms with Crippen LogP contribution in [-0.4, -0.2) is 41.4 Å². The monoisotopic (exact) mass is 349 g/mol. The highest BCUT2D eigenvalue weighted by Gasteiger charge is 2.10. The van der Waals surface area contributed by atoms with Crippen LogP contribution in [0.25, 0.3) is 10.9 Å². The first-order valence-electron chi connectivity index (χ1n) is 8.55. The summed E-state index contributed by atoms with van der Waals surface area (Å²) in [5, 5.41) is 7.39. The quantitative estimate of drug-likeness (QED) is 0.712. The molecule has 0 saturated heterocycles. The normalized spacial score (nSPS) is 10.9. The Kier molecular flexibility index (Phi) is 5.43. The van der Waals surface area contributed by atoms with Crippen molar-refractivity contribution in [2.45, 2.75) is 13.3 Å². The van der Waals surface area contributed by atoms with Crippen LogP contribution in [0, 0.1) is 6.92 Å². The van der Waals surface area contributed by atoms with Gasteiger partial charge in [-0.2, -0.15) is 0 Å². The van der Waals surface area contributed by atoms with E-state index in [4.69, 9.17) is 0 Å². The van der Waals surface area contributed by atoms with Gasteiger partial charge in [0.15, 0.2) is 0 Å². The Morgan fingerprint density at radius 3 is 2.73 bits per heavy atom. The third-order valence-corrected chi connectivity index (χ3v) is 3.99. The summed E-state index contributed by atoms with van der Waals surface area (Å²) in [7, 11) is 3.89. The summed E-state index contributed by atoms with van der Waals surface area (Å²) in [5.41, 5.74) is 4.27. The first-order chi connectivity index (χ1) is 12.5. The number of hydrogen-bond acceptors (Lipinski definition) is 5. The van der Waals surface area contributed by atoms with E-state index in [1.807, 2.05) is 62.3 Å². The van der Waals surface area contributed by atoms with Gasteiger partial charge >= 0.3 is 0 Å². The molecular weight excluding hydrogens is 326 g/mol. The zero-order chi connectivity index (χ0) is 18.5. The fraction of sp³-hybridized carbons (Fsp3) is 0.250. The number of aromatic nitrogens is 2. The molecule has 134 valence electrons. The second kappa shape index (κ2) is 7.93. The van der Waals surface area contributed by atoms with Crippen LogP contribution < -0.4 is 10.6 Å². The molecule has 0 atom stereocenters. The van der Waals surface area contributed by atoms with Crippen LogP contribution >= 0.6 is 0 Å². The summed E-state index contributed by atoms with van der Waals surface area (Å²) >= 11 is 0. The van der Waals surface area contributed by atoms with Gasteiger partial charge in [-0.3, -0.25) is 14.8 Å². The van der Waals surface area contributed by atoms with Crippen molar-refractivity contribution in [3.63, 3.8) is 0 Å². The van der Waals surface area contributed by atoms with Crippen LogP contribution in [0.15, 0.2) is 48.8 Å². The first-order valence-corrected chi connectivity index (χ1v) is 8.55. The Balaban J connectivity index is 1.86. The molecule has 0 spiro atoms. The van der Waals surface area contributed by atoms with E-state index in [1.54, 1.807) is 12.4 Å². The molecule has 26 heavy (non-hydrogen) atoms. The van der Waals surface area contributed by atoms with Crippen molar-refractivity contribution in [3.8, 4) is 0 Å². The van der Waals surface area contributed by atoms with E-state index in [9.17, 15) is 4.79 Å². The topological polar surface area (TPSA) is 70.2 Å². The van der Waals surface area contributed by atoms with Crippen LogP contribution in [0.2, 0.25) is 0 Å². The van der Waals surface area contributed by atoms with E-state index in [2.05, 4.69) is 20.6 Å². The number of benzene rings is 1. The van der Waals surface area contributed by atoms with Gasteiger partial charge in [-0.05, 0) is 39.2 Å². The Hall–Kier alpha value is -2.99. The van der Waals surface area contributed by atoms with Crippen molar-refractivity contribution in [1.29, 1.82) is 0 Å². The van der Waals surface area contributed by atoms with Gasteiger partial charge in [0.1, 0.15) is 0 Å². The summed E-state index contributed by atoms with van der Waals surface area (Å²) in [6.45, 7) is 2.66. The van der Waals surface area contributed by atoms with Gasteiger partial charge in [0, 0.05) is 35.9 Å². The second-order valence-corrected chi connectivity index (χ2v) is 6.48. The predicted molar refractivity (Wildman–Crippen MR) is 106 cm³/mol. The smallest absolute Gasteiger partial charge is 0.225 e. The van der Waals surface area contributed by atoms with Crippen molar-refractivity contribution in [2.24, 2.45) is 0 Å². The lowest BCUT2D eigenvalue weighted by atomic mass is 10.1. The number of nitrogens with one attached hydrogen (secondary N) is 2. The van der Waals surface area contributed by atoms with E-state index in [0.717, 1.165) is 28.0 Å². The summed E-state index contributed by atoms with van der Waals surface area (Å²) < 4.78 is 0. The van der Waals surface area contributed by atoms with Gasteiger partial charge in [0.05, 0.1) is 23.1 Å². The van der Waals surface area contributed by atoms with Crippen LogP contribution in [0.3, 0.4) is 0 Å². The number of aryl methyl sites for hydroxylation is 1. The molecule has 1 aromatic carbocycles. The molecular formula is C20H23N5O. The minimum absolute atomic E-state index is 0.0366. The molecule has 0 aliphatic carbocycles. The largest absolute Gasteiger partial charge is 0.353 e. The number of amides is 1. The fourth-order valence-corrected chi connectivity index (χ4v) is 2.70. The molecule has 3 aromatic rings. The number of nitrogens with zero attached hydrogens (tertiary/aromatic N) is 3. The van der Waals surface area contributed by atoms with Crippen molar-refractivity contribution in [3.05, 3.63) is 54.5 Å². The molecule has 6 nitrogen and oxygen atoms in total. The standard InChI is InChI=1S/C20H23N5O/c1-14-12-18(15-6-4-5-7-16(15)22-14)23-17-8-10-21-13-19(17)24-20(26)9-11-25(2)3/h4-8,10,12-13H,9,11H2,1-3H3,(H,24,26)(H,21,22,23). The lowest BCUT2D eigenvalue weighted by molar-refractivity contribution is -0.116. The molecule has 0 unspecified atom stereocenters. The molecule has 0 saturated carbocycles.